The predicted molar refractivity (Wildman–Crippen MR) is 76.4 cm³/mol. The number of piperidine rings is 1. The Morgan fingerprint density at radius 2 is 1.94 bits per heavy atom. The molecule has 1 rings (SSSR count). The molecule has 2 unspecified atom stereocenters. The number of hydrogen-bond acceptors (Lipinski definition) is 2. The van der Waals surface area contributed by atoms with Gasteiger partial charge in [-0.05, 0) is 45.2 Å². The largest absolute Gasteiger partial charge is 0.315 e. The van der Waals surface area contributed by atoms with Gasteiger partial charge >= 0.3 is 0 Å². The lowest BCUT2D eigenvalue weighted by Crippen LogP contribution is -2.45. The van der Waals surface area contributed by atoms with Crippen LogP contribution < -0.4 is 5.32 Å². The Labute approximate surface area is 108 Å². The molecule has 102 valence electrons. The van der Waals surface area contributed by atoms with Crippen LogP contribution in [0.25, 0.3) is 0 Å². The summed E-state index contributed by atoms with van der Waals surface area (Å²) in [6, 6.07) is 0.783. The fourth-order valence-electron chi connectivity index (χ4n) is 2.76. The van der Waals surface area contributed by atoms with E-state index in [1.807, 2.05) is 0 Å². The van der Waals surface area contributed by atoms with E-state index in [0.29, 0.717) is 0 Å². The van der Waals surface area contributed by atoms with Gasteiger partial charge in [0.25, 0.3) is 0 Å². The van der Waals surface area contributed by atoms with Crippen molar-refractivity contribution in [3.05, 3.63) is 0 Å². The van der Waals surface area contributed by atoms with Crippen LogP contribution >= 0.6 is 0 Å². The number of unbranched alkanes of at least 4 members (excludes halogenated alkanes) is 3. The molecule has 1 saturated heterocycles. The quantitative estimate of drug-likeness (QED) is 0.655. The third-order valence-electron chi connectivity index (χ3n) is 4.29. The average molecular weight is 240 g/mol. The van der Waals surface area contributed by atoms with Crippen molar-refractivity contribution in [3.8, 4) is 0 Å². The lowest BCUT2D eigenvalue weighted by molar-refractivity contribution is 0.115. The summed E-state index contributed by atoms with van der Waals surface area (Å²) in [6.45, 7) is 12.0. The molecule has 0 aliphatic carbocycles. The standard InChI is InChI=1S/C15H32N2/c1-4-5-6-7-10-16-11-13-17-12-8-9-14(2)15(17)3/h14-16H,4-13H2,1-3H3. The molecule has 0 spiro atoms. The second-order valence-corrected chi connectivity index (χ2v) is 5.71. The van der Waals surface area contributed by atoms with Gasteiger partial charge in [-0.25, -0.2) is 0 Å². The SMILES string of the molecule is CCCCCCNCCN1CCCC(C)C1C. The minimum Gasteiger partial charge on any atom is -0.315 e. The Bertz CT molecular complexity index is 182. The molecule has 2 nitrogen and oxygen atoms in total. The monoisotopic (exact) mass is 240 g/mol. The molecule has 1 aliphatic heterocycles. The maximum atomic E-state index is 3.59. The fourth-order valence-corrected chi connectivity index (χ4v) is 2.76. The van der Waals surface area contributed by atoms with E-state index >= 15 is 0 Å². The molecule has 0 aromatic carbocycles. The molecule has 1 fully saturated rings. The number of likely N-dealkylation sites (tertiary alicyclic amines) is 1. The Hall–Kier alpha value is -0.0800. The maximum absolute atomic E-state index is 3.59. The number of rotatable bonds is 8. The van der Waals surface area contributed by atoms with Crippen LogP contribution in [0.4, 0.5) is 0 Å². The Kier molecular flexibility index (Phi) is 7.87. The van der Waals surface area contributed by atoms with Gasteiger partial charge in [0.05, 0.1) is 0 Å². The normalized spacial score (nSPS) is 26.3. The first-order chi connectivity index (χ1) is 8.25. The predicted octanol–water partition coefficient (Wildman–Crippen LogP) is 3.28. The summed E-state index contributed by atoms with van der Waals surface area (Å²) in [5, 5.41) is 3.59. The topological polar surface area (TPSA) is 15.3 Å². The first kappa shape index (κ1) is 15.0. The van der Waals surface area contributed by atoms with E-state index < -0.39 is 0 Å². The summed E-state index contributed by atoms with van der Waals surface area (Å²) < 4.78 is 0. The molecular formula is C15H32N2. The average Bonchev–Trinajstić information content (AvgIpc) is 2.33. The molecule has 1 heterocycles. The van der Waals surface area contributed by atoms with Crippen molar-refractivity contribution in [3.63, 3.8) is 0 Å². The van der Waals surface area contributed by atoms with E-state index in [0.717, 1.165) is 12.0 Å². The van der Waals surface area contributed by atoms with Gasteiger partial charge in [0, 0.05) is 19.1 Å². The van der Waals surface area contributed by atoms with Crippen LogP contribution in [0.3, 0.4) is 0 Å². The smallest absolute Gasteiger partial charge is 0.0110 e. The van der Waals surface area contributed by atoms with E-state index in [1.54, 1.807) is 0 Å². The molecule has 0 radical (unpaired) electrons. The van der Waals surface area contributed by atoms with Crippen LogP contribution in [0.2, 0.25) is 0 Å². The van der Waals surface area contributed by atoms with Crippen LogP contribution in [0.1, 0.15) is 59.3 Å². The molecule has 0 saturated carbocycles. The molecule has 0 aromatic heterocycles. The highest BCUT2D eigenvalue weighted by atomic mass is 15.2. The molecule has 1 N–H and O–H groups in total. The van der Waals surface area contributed by atoms with Gasteiger partial charge in [-0.2, -0.15) is 0 Å². The summed E-state index contributed by atoms with van der Waals surface area (Å²) in [5.41, 5.74) is 0. The highest BCUT2D eigenvalue weighted by Gasteiger charge is 2.23. The third kappa shape index (κ3) is 5.87. The van der Waals surface area contributed by atoms with Gasteiger partial charge in [0.15, 0.2) is 0 Å². The van der Waals surface area contributed by atoms with Gasteiger partial charge in [-0.1, -0.05) is 33.1 Å². The fraction of sp³-hybridized carbons (Fsp3) is 1.00. The molecule has 2 heteroatoms. The summed E-state index contributed by atoms with van der Waals surface area (Å²) in [4.78, 5) is 2.66. The second-order valence-electron chi connectivity index (χ2n) is 5.71. The zero-order valence-corrected chi connectivity index (χ0v) is 12.2. The number of nitrogens with zero attached hydrogens (tertiary/aromatic N) is 1. The van der Waals surface area contributed by atoms with Crippen molar-refractivity contribution in [2.24, 2.45) is 5.92 Å². The Balaban J connectivity index is 1.98. The first-order valence-corrected chi connectivity index (χ1v) is 7.70. The zero-order valence-electron chi connectivity index (χ0n) is 12.2. The Morgan fingerprint density at radius 1 is 1.12 bits per heavy atom. The number of hydrogen-bond donors (Lipinski definition) is 1. The van der Waals surface area contributed by atoms with Crippen LogP contribution in [-0.4, -0.2) is 37.1 Å². The highest BCUT2D eigenvalue weighted by molar-refractivity contribution is 4.78. The van der Waals surface area contributed by atoms with Gasteiger partial charge in [-0.3, -0.25) is 4.90 Å². The first-order valence-electron chi connectivity index (χ1n) is 7.70. The molecule has 0 bridgehead atoms. The van der Waals surface area contributed by atoms with E-state index in [4.69, 9.17) is 0 Å². The molecular weight excluding hydrogens is 208 g/mol. The van der Waals surface area contributed by atoms with E-state index in [2.05, 4.69) is 31.0 Å². The second kappa shape index (κ2) is 8.93. The number of nitrogens with one attached hydrogen (secondary N) is 1. The van der Waals surface area contributed by atoms with Crippen molar-refractivity contribution in [2.75, 3.05) is 26.2 Å². The highest BCUT2D eigenvalue weighted by Crippen LogP contribution is 2.21. The Morgan fingerprint density at radius 3 is 2.71 bits per heavy atom. The van der Waals surface area contributed by atoms with Crippen LogP contribution in [-0.2, 0) is 0 Å². The van der Waals surface area contributed by atoms with Crippen LogP contribution in [0.5, 0.6) is 0 Å². The van der Waals surface area contributed by atoms with E-state index in [1.165, 1.54) is 64.7 Å². The van der Waals surface area contributed by atoms with Crippen molar-refractivity contribution in [1.29, 1.82) is 0 Å². The minimum absolute atomic E-state index is 0.783. The minimum atomic E-state index is 0.783. The zero-order chi connectivity index (χ0) is 12.5. The summed E-state index contributed by atoms with van der Waals surface area (Å²) in [7, 11) is 0. The molecule has 1 aliphatic rings. The summed E-state index contributed by atoms with van der Waals surface area (Å²) in [5.74, 6) is 0.883. The van der Waals surface area contributed by atoms with Crippen LogP contribution in [0, 0.1) is 5.92 Å². The molecule has 0 amide bonds. The van der Waals surface area contributed by atoms with Crippen LogP contribution in [0.15, 0.2) is 0 Å². The molecule has 0 aromatic rings. The van der Waals surface area contributed by atoms with Gasteiger partial charge in [-0.15, -0.1) is 0 Å². The molecule has 17 heavy (non-hydrogen) atoms. The van der Waals surface area contributed by atoms with Crippen molar-refractivity contribution >= 4 is 0 Å². The lowest BCUT2D eigenvalue weighted by atomic mass is 9.92. The maximum Gasteiger partial charge on any atom is 0.0110 e. The summed E-state index contributed by atoms with van der Waals surface area (Å²) in [6.07, 6.45) is 8.27. The van der Waals surface area contributed by atoms with Gasteiger partial charge < -0.3 is 5.32 Å². The van der Waals surface area contributed by atoms with Crippen molar-refractivity contribution in [1.82, 2.24) is 10.2 Å². The van der Waals surface area contributed by atoms with Crippen molar-refractivity contribution in [2.45, 2.75) is 65.3 Å². The van der Waals surface area contributed by atoms with E-state index in [-0.39, 0.29) is 0 Å². The van der Waals surface area contributed by atoms with Gasteiger partial charge in [0.1, 0.15) is 0 Å². The van der Waals surface area contributed by atoms with Gasteiger partial charge in [0.2, 0.25) is 0 Å². The summed E-state index contributed by atoms with van der Waals surface area (Å²) >= 11 is 0. The van der Waals surface area contributed by atoms with E-state index in [9.17, 15) is 0 Å². The molecule has 2 atom stereocenters. The van der Waals surface area contributed by atoms with Crippen molar-refractivity contribution < 1.29 is 0 Å². The third-order valence-corrected chi connectivity index (χ3v) is 4.29. The lowest BCUT2D eigenvalue weighted by Gasteiger charge is -2.37.